The number of methoxy groups -OCH3 is 1. The van der Waals surface area contributed by atoms with Gasteiger partial charge in [-0.3, -0.25) is 0 Å². The number of fused-ring (bicyclic) bond motifs is 2. The monoisotopic (exact) mass is 486 g/mol. The van der Waals surface area contributed by atoms with Crippen LogP contribution in [0.3, 0.4) is 0 Å². The van der Waals surface area contributed by atoms with Crippen LogP contribution in [0.2, 0.25) is 0 Å². The minimum atomic E-state index is -1.27. The highest BCUT2D eigenvalue weighted by atomic mass is 19.2. The Balaban J connectivity index is 2.09. The fourth-order valence-corrected chi connectivity index (χ4v) is 4.39. The summed E-state index contributed by atoms with van der Waals surface area (Å²) in [6.07, 6.45) is 0. The first kappa shape index (κ1) is 22.7. The zero-order chi connectivity index (χ0) is 25.0. The average molecular weight is 486 g/mol. The van der Waals surface area contributed by atoms with Gasteiger partial charge in [-0.05, 0) is 41.3 Å². The van der Waals surface area contributed by atoms with Gasteiger partial charge in [0.05, 0.1) is 12.7 Å². The fraction of sp³-hybridized carbons (Fsp3) is 0.0370. The van der Waals surface area contributed by atoms with Crippen LogP contribution in [0.5, 0.6) is 5.75 Å². The summed E-state index contributed by atoms with van der Waals surface area (Å²) in [7, 11) is 1.18. The van der Waals surface area contributed by atoms with E-state index in [2.05, 4.69) is 0 Å². The molecule has 0 bridgehead atoms. The van der Waals surface area contributed by atoms with E-state index < -0.39 is 68.0 Å². The summed E-state index contributed by atoms with van der Waals surface area (Å²) in [5.41, 5.74) is -1.61. The van der Waals surface area contributed by atoms with Crippen LogP contribution in [-0.2, 0) is 0 Å². The van der Waals surface area contributed by atoms with Crippen LogP contribution in [0.1, 0.15) is 0 Å². The molecule has 0 radical (unpaired) electrons. The van der Waals surface area contributed by atoms with E-state index in [0.717, 1.165) is 48.5 Å². The van der Waals surface area contributed by atoms with Crippen molar-refractivity contribution in [3.05, 3.63) is 101 Å². The van der Waals surface area contributed by atoms with Gasteiger partial charge in [0.1, 0.15) is 34.8 Å². The zero-order valence-electron chi connectivity index (χ0n) is 17.8. The lowest BCUT2D eigenvalue weighted by Crippen LogP contribution is -2.01. The van der Waals surface area contributed by atoms with Gasteiger partial charge in [0.15, 0.2) is 11.6 Å². The molecule has 0 saturated heterocycles. The summed E-state index contributed by atoms with van der Waals surface area (Å²) in [6, 6.07) is 9.42. The van der Waals surface area contributed by atoms with Gasteiger partial charge in [-0.15, -0.1) is 0 Å². The van der Waals surface area contributed by atoms with Gasteiger partial charge in [-0.25, -0.2) is 30.7 Å². The van der Waals surface area contributed by atoms with Gasteiger partial charge in [0, 0.05) is 39.4 Å². The fourth-order valence-electron chi connectivity index (χ4n) is 4.39. The number of ether oxygens (including phenoxy) is 1. The maximum atomic E-state index is 15.3. The molecular weight excluding hydrogens is 473 g/mol. The van der Waals surface area contributed by atoms with Crippen LogP contribution in [0.15, 0.2) is 60.7 Å². The molecule has 8 heteroatoms. The maximum absolute atomic E-state index is 15.3. The Labute approximate surface area is 194 Å². The highest BCUT2D eigenvalue weighted by Crippen LogP contribution is 2.47. The van der Waals surface area contributed by atoms with E-state index in [4.69, 9.17) is 4.74 Å². The highest BCUT2D eigenvalue weighted by Gasteiger charge is 2.27. The van der Waals surface area contributed by atoms with Crippen LogP contribution in [-0.4, -0.2) is 7.11 Å². The van der Waals surface area contributed by atoms with Crippen LogP contribution in [0.4, 0.5) is 30.7 Å². The average Bonchev–Trinajstić information content (AvgIpc) is 2.82. The Hall–Kier alpha value is -4.07. The van der Waals surface area contributed by atoms with E-state index in [9.17, 15) is 8.78 Å². The van der Waals surface area contributed by atoms with E-state index in [1.807, 2.05) is 0 Å². The summed E-state index contributed by atoms with van der Waals surface area (Å²) < 4.78 is 109. The molecule has 5 rings (SSSR count). The minimum Gasteiger partial charge on any atom is -0.497 e. The molecule has 0 fully saturated rings. The lowest BCUT2D eigenvalue weighted by Gasteiger charge is -2.20. The first-order valence-corrected chi connectivity index (χ1v) is 10.2. The van der Waals surface area contributed by atoms with Crippen molar-refractivity contribution in [2.24, 2.45) is 0 Å². The Morgan fingerprint density at radius 3 is 1.66 bits per heavy atom. The zero-order valence-corrected chi connectivity index (χ0v) is 17.8. The number of hydrogen-bond donors (Lipinski definition) is 0. The molecule has 0 aromatic heterocycles. The molecule has 5 aromatic rings. The van der Waals surface area contributed by atoms with Crippen molar-refractivity contribution in [3.63, 3.8) is 0 Å². The lowest BCUT2D eigenvalue weighted by atomic mass is 9.85. The predicted octanol–water partition coefficient (Wildman–Crippen LogP) is 8.31. The van der Waals surface area contributed by atoms with E-state index in [1.165, 1.54) is 19.2 Å². The first-order valence-electron chi connectivity index (χ1n) is 10.2. The molecule has 0 aliphatic heterocycles. The smallest absolute Gasteiger partial charge is 0.159 e. The highest BCUT2D eigenvalue weighted by molar-refractivity contribution is 6.22. The van der Waals surface area contributed by atoms with Crippen molar-refractivity contribution < 1.29 is 35.5 Å². The van der Waals surface area contributed by atoms with Crippen molar-refractivity contribution in [1.82, 2.24) is 0 Å². The summed E-state index contributed by atoms with van der Waals surface area (Å²) in [5, 5.41) is -1.60. The molecule has 0 atom stereocenters. The van der Waals surface area contributed by atoms with E-state index in [0.29, 0.717) is 0 Å². The van der Waals surface area contributed by atoms with Gasteiger partial charge >= 0.3 is 0 Å². The molecule has 176 valence electrons. The summed E-state index contributed by atoms with van der Waals surface area (Å²) >= 11 is 0. The van der Waals surface area contributed by atoms with Crippen LogP contribution in [0, 0.1) is 40.7 Å². The Kier molecular flexibility index (Phi) is 5.39. The molecule has 0 heterocycles. The Bertz CT molecular complexity index is 1640. The molecule has 0 spiro atoms. The van der Waals surface area contributed by atoms with Crippen molar-refractivity contribution in [2.75, 3.05) is 7.11 Å². The van der Waals surface area contributed by atoms with Crippen molar-refractivity contribution >= 4 is 21.5 Å². The third-order valence-electron chi connectivity index (χ3n) is 5.85. The van der Waals surface area contributed by atoms with E-state index >= 15 is 22.0 Å². The maximum Gasteiger partial charge on any atom is 0.159 e. The summed E-state index contributed by atoms with van der Waals surface area (Å²) in [4.78, 5) is 0. The summed E-state index contributed by atoms with van der Waals surface area (Å²) in [5.74, 6) is -8.12. The molecule has 1 nitrogen and oxygen atoms in total. The van der Waals surface area contributed by atoms with Gasteiger partial charge in [0.2, 0.25) is 0 Å². The summed E-state index contributed by atoms with van der Waals surface area (Å²) in [6.45, 7) is 0. The third-order valence-corrected chi connectivity index (χ3v) is 5.85. The molecule has 0 aliphatic rings. The minimum absolute atomic E-state index is 0.0855. The van der Waals surface area contributed by atoms with Gasteiger partial charge < -0.3 is 4.74 Å². The molecule has 0 aliphatic carbocycles. The molecule has 5 aromatic carbocycles. The Morgan fingerprint density at radius 2 is 1.06 bits per heavy atom. The predicted molar refractivity (Wildman–Crippen MR) is 119 cm³/mol. The van der Waals surface area contributed by atoms with E-state index in [-0.39, 0.29) is 22.3 Å². The van der Waals surface area contributed by atoms with Gasteiger partial charge in [0.25, 0.3) is 0 Å². The number of benzene rings is 5. The molecular formula is C27H13F7O. The number of hydrogen-bond acceptors (Lipinski definition) is 1. The standard InChI is InChI=1S/C27H13F7O/c1-35-13-10-20(33)24(21(34)11-13)27-23-14(3-2-4-16(23)29)22(12-5-6-15(28)19(32)9-12)25-17(30)7-8-18(31)26(25)27/h2-11H,1H3. The molecule has 35 heavy (non-hydrogen) atoms. The quantitative estimate of drug-likeness (QED) is 0.184. The van der Waals surface area contributed by atoms with Crippen LogP contribution < -0.4 is 4.74 Å². The molecule has 0 N–H and O–H groups in total. The lowest BCUT2D eigenvalue weighted by molar-refractivity contribution is 0.407. The van der Waals surface area contributed by atoms with Gasteiger partial charge in [-0.2, -0.15) is 0 Å². The largest absolute Gasteiger partial charge is 0.497 e. The topological polar surface area (TPSA) is 9.23 Å². The Morgan fingerprint density at radius 1 is 0.486 bits per heavy atom. The second kappa shape index (κ2) is 8.30. The van der Waals surface area contributed by atoms with Crippen molar-refractivity contribution in [2.45, 2.75) is 0 Å². The third kappa shape index (κ3) is 3.48. The normalized spacial score (nSPS) is 11.4. The first-order chi connectivity index (χ1) is 16.7. The number of rotatable bonds is 3. The van der Waals surface area contributed by atoms with Crippen LogP contribution >= 0.6 is 0 Å². The molecule has 0 amide bonds. The number of halogens is 7. The second-order valence-corrected chi connectivity index (χ2v) is 7.79. The van der Waals surface area contributed by atoms with Crippen molar-refractivity contribution in [3.8, 4) is 28.0 Å². The van der Waals surface area contributed by atoms with E-state index in [1.54, 1.807) is 0 Å². The van der Waals surface area contributed by atoms with Crippen LogP contribution in [0.25, 0.3) is 43.8 Å². The molecule has 0 unspecified atom stereocenters. The SMILES string of the molecule is COc1cc(F)c(-c2c3c(F)cccc3c(-c3ccc(F)c(F)c3)c3c(F)ccc(F)c23)c(F)c1. The second-order valence-electron chi connectivity index (χ2n) is 7.79. The van der Waals surface area contributed by atoms with Crippen molar-refractivity contribution in [1.29, 1.82) is 0 Å². The molecule has 0 saturated carbocycles. The van der Waals surface area contributed by atoms with Gasteiger partial charge in [-0.1, -0.05) is 18.2 Å².